The minimum Gasteiger partial charge on any atom is -0.340 e. The molecule has 136 valence electrons. The third kappa shape index (κ3) is 2.70. The Morgan fingerprint density at radius 1 is 0.920 bits per heavy atom. The first kappa shape index (κ1) is 17.5. The van der Waals surface area contributed by atoms with E-state index in [1.807, 2.05) is 30.5 Å². The highest BCUT2D eigenvalue weighted by Gasteiger charge is 2.25. The maximum absolute atomic E-state index is 12.7. The lowest BCUT2D eigenvalue weighted by atomic mass is 10.1. The quantitative estimate of drug-likeness (QED) is 0.713. The number of hydrogen-bond donors (Lipinski definition) is 0. The molecule has 0 saturated carbocycles. The van der Waals surface area contributed by atoms with Gasteiger partial charge in [-0.3, -0.25) is 18.7 Å². The average Bonchev–Trinajstić information content (AvgIpc) is 2.83. The van der Waals surface area contributed by atoms with Crippen molar-refractivity contribution in [1.29, 1.82) is 0 Å². The van der Waals surface area contributed by atoms with Gasteiger partial charge in [-0.2, -0.15) is 0 Å². The first-order chi connectivity index (χ1) is 11.7. The molecule has 0 unspecified atom stereocenters. The topological polar surface area (TPSA) is 72.5 Å². The molecule has 0 spiro atoms. The zero-order valence-electron chi connectivity index (χ0n) is 15.5. The first-order valence-electron chi connectivity index (χ1n) is 8.44. The minimum atomic E-state index is -0.366. The number of carbonyl (C=O) groups is 1. The number of piperazine rings is 1. The van der Waals surface area contributed by atoms with Gasteiger partial charge >= 0.3 is 5.69 Å². The molecule has 1 saturated heterocycles. The monoisotopic (exact) mass is 347 g/mol. The number of hydrogen-bond acceptors (Lipinski definition) is 4. The molecule has 8 heteroatoms. The molecule has 0 radical (unpaired) electrons. The van der Waals surface area contributed by atoms with Crippen molar-refractivity contribution in [2.24, 2.45) is 21.1 Å². The van der Waals surface area contributed by atoms with Crippen molar-refractivity contribution in [2.75, 3.05) is 33.2 Å². The van der Waals surface area contributed by atoms with Crippen LogP contribution < -0.4 is 11.2 Å². The van der Waals surface area contributed by atoms with Crippen LogP contribution in [0.1, 0.15) is 11.3 Å². The number of fused-ring (bicyclic) bond motifs is 1. The van der Waals surface area contributed by atoms with Crippen LogP contribution in [-0.4, -0.2) is 62.6 Å². The molecule has 1 aliphatic rings. The van der Waals surface area contributed by atoms with Gasteiger partial charge in [0.1, 0.15) is 5.65 Å². The van der Waals surface area contributed by atoms with Crippen molar-refractivity contribution in [1.82, 2.24) is 23.5 Å². The summed E-state index contributed by atoms with van der Waals surface area (Å²) in [6.07, 6.45) is 0.181. The maximum atomic E-state index is 12.7. The summed E-state index contributed by atoms with van der Waals surface area (Å²) in [5.41, 5.74) is 1.42. The van der Waals surface area contributed by atoms with E-state index in [0.717, 1.165) is 28.9 Å². The van der Waals surface area contributed by atoms with Crippen LogP contribution in [0.4, 0.5) is 0 Å². The molecule has 8 nitrogen and oxygen atoms in total. The van der Waals surface area contributed by atoms with Crippen LogP contribution >= 0.6 is 0 Å². The summed E-state index contributed by atoms with van der Waals surface area (Å²) in [6, 6.07) is 0. The van der Waals surface area contributed by atoms with Gasteiger partial charge in [-0.25, -0.2) is 4.79 Å². The highest BCUT2D eigenvalue weighted by atomic mass is 16.2. The van der Waals surface area contributed by atoms with Gasteiger partial charge in [0.2, 0.25) is 5.91 Å². The number of amides is 1. The van der Waals surface area contributed by atoms with Crippen molar-refractivity contribution in [3.05, 3.63) is 32.1 Å². The van der Waals surface area contributed by atoms with Crippen molar-refractivity contribution in [2.45, 2.75) is 13.3 Å². The number of nitrogens with zero attached hydrogens (tertiary/aromatic N) is 5. The molecule has 3 rings (SSSR count). The van der Waals surface area contributed by atoms with Gasteiger partial charge in [-0.05, 0) is 19.5 Å². The lowest BCUT2D eigenvalue weighted by Crippen LogP contribution is -2.47. The summed E-state index contributed by atoms with van der Waals surface area (Å²) in [7, 11) is 6.98. The molecule has 3 heterocycles. The van der Waals surface area contributed by atoms with Crippen molar-refractivity contribution >= 4 is 16.9 Å². The summed E-state index contributed by atoms with van der Waals surface area (Å²) >= 11 is 0. The lowest BCUT2D eigenvalue weighted by Gasteiger charge is -2.32. The molecule has 1 aliphatic heterocycles. The highest BCUT2D eigenvalue weighted by molar-refractivity contribution is 5.88. The van der Waals surface area contributed by atoms with Gasteiger partial charge in [0.25, 0.3) is 5.56 Å². The number of likely N-dealkylation sites (N-methyl/N-ethyl adjacent to an activating group) is 1. The SMILES string of the molecule is Cc1c(CC(=O)N2CCN(C)CC2)c2c(=O)n(C)c(=O)n(C)c2n1C. The zero-order valence-corrected chi connectivity index (χ0v) is 15.5. The zero-order chi connectivity index (χ0) is 18.5. The number of aryl methyl sites for hydroxylation is 2. The van der Waals surface area contributed by atoms with Crippen molar-refractivity contribution in [3.63, 3.8) is 0 Å². The molecule has 0 aromatic carbocycles. The Hall–Kier alpha value is -2.35. The Balaban J connectivity index is 2.08. The third-order valence-electron chi connectivity index (χ3n) is 5.38. The maximum Gasteiger partial charge on any atom is 0.332 e. The van der Waals surface area contributed by atoms with Gasteiger partial charge in [-0.1, -0.05) is 0 Å². The van der Waals surface area contributed by atoms with Gasteiger partial charge < -0.3 is 14.4 Å². The summed E-state index contributed by atoms with van der Waals surface area (Å²) in [6.45, 7) is 5.01. The summed E-state index contributed by atoms with van der Waals surface area (Å²) < 4.78 is 4.39. The second-order valence-electron chi connectivity index (χ2n) is 6.89. The van der Waals surface area contributed by atoms with Gasteiger partial charge in [-0.15, -0.1) is 0 Å². The summed E-state index contributed by atoms with van der Waals surface area (Å²) in [5, 5.41) is 0.465. The normalized spacial score (nSPS) is 16.0. The average molecular weight is 347 g/mol. The van der Waals surface area contributed by atoms with Crippen molar-refractivity contribution < 1.29 is 4.79 Å². The van der Waals surface area contributed by atoms with E-state index >= 15 is 0 Å². The number of carbonyl (C=O) groups excluding carboxylic acids is 1. The second kappa shape index (κ2) is 6.18. The molecular weight excluding hydrogens is 322 g/mol. The Morgan fingerprint density at radius 3 is 2.12 bits per heavy atom. The Kier molecular flexibility index (Phi) is 4.32. The summed E-state index contributed by atoms with van der Waals surface area (Å²) in [4.78, 5) is 41.7. The molecule has 25 heavy (non-hydrogen) atoms. The van der Waals surface area contributed by atoms with Gasteiger partial charge in [0.15, 0.2) is 0 Å². The molecule has 1 fully saturated rings. The van der Waals surface area contributed by atoms with Crippen LogP contribution in [0.2, 0.25) is 0 Å². The van der Waals surface area contributed by atoms with E-state index in [1.54, 1.807) is 7.05 Å². The van der Waals surface area contributed by atoms with E-state index in [2.05, 4.69) is 4.90 Å². The van der Waals surface area contributed by atoms with E-state index in [0.29, 0.717) is 24.1 Å². The van der Waals surface area contributed by atoms with E-state index in [1.165, 1.54) is 11.6 Å². The number of aromatic nitrogens is 3. The van der Waals surface area contributed by atoms with Crippen LogP contribution in [0.5, 0.6) is 0 Å². The minimum absolute atomic E-state index is 0.0274. The lowest BCUT2D eigenvalue weighted by molar-refractivity contribution is -0.132. The van der Waals surface area contributed by atoms with E-state index in [4.69, 9.17) is 0 Å². The molecule has 0 atom stereocenters. The van der Waals surface area contributed by atoms with Crippen LogP contribution in [0.3, 0.4) is 0 Å². The fourth-order valence-corrected chi connectivity index (χ4v) is 3.57. The molecule has 0 bridgehead atoms. The largest absolute Gasteiger partial charge is 0.340 e. The van der Waals surface area contributed by atoms with Crippen LogP contribution in [0, 0.1) is 6.92 Å². The second-order valence-corrected chi connectivity index (χ2v) is 6.89. The molecule has 2 aromatic heterocycles. The fraction of sp³-hybridized carbons (Fsp3) is 0.588. The smallest absolute Gasteiger partial charge is 0.332 e. The van der Waals surface area contributed by atoms with E-state index in [-0.39, 0.29) is 23.6 Å². The number of rotatable bonds is 2. The van der Waals surface area contributed by atoms with E-state index in [9.17, 15) is 14.4 Å². The Morgan fingerprint density at radius 2 is 1.52 bits per heavy atom. The van der Waals surface area contributed by atoms with Gasteiger partial charge in [0.05, 0.1) is 11.8 Å². The Bertz CT molecular complexity index is 958. The molecule has 0 N–H and O–H groups in total. The first-order valence-corrected chi connectivity index (χ1v) is 8.44. The summed E-state index contributed by atoms with van der Waals surface area (Å²) in [5.74, 6) is 0.0274. The predicted octanol–water partition coefficient (Wildman–Crippen LogP) is -0.799. The predicted molar refractivity (Wildman–Crippen MR) is 95.9 cm³/mol. The molecule has 0 aliphatic carbocycles. The fourth-order valence-electron chi connectivity index (χ4n) is 3.57. The van der Waals surface area contributed by atoms with Gasteiger partial charge in [0, 0.05) is 53.0 Å². The Labute approximate surface area is 145 Å². The van der Waals surface area contributed by atoms with Crippen LogP contribution in [-0.2, 0) is 32.4 Å². The molecular formula is C17H25N5O3. The third-order valence-corrected chi connectivity index (χ3v) is 5.38. The molecule has 2 aromatic rings. The standard InChI is InChI=1S/C17H25N5O3/c1-11-12(10-13(23)22-8-6-18(2)7-9-22)14-15(19(11)3)20(4)17(25)21(5)16(14)24/h6-10H2,1-5H3. The molecule has 1 amide bonds. The van der Waals surface area contributed by atoms with Crippen LogP contribution in [0.25, 0.3) is 11.0 Å². The highest BCUT2D eigenvalue weighted by Crippen LogP contribution is 2.22. The van der Waals surface area contributed by atoms with Crippen molar-refractivity contribution in [3.8, 4) is 0 Å². The van der Waals surface area contributed by atoms with E-state index < -0.39 is 0 Å². The van der Waals surface area contributed by atoms with Crippen LogP contribution in [0.15, 0.2) is 9.59 Å².